The summed E-state index contributed by atoms with van der Waals surface area (Å²) in [6.45, 7) is -0.272. The van der Waals surface area contributed by atoms with E-state index < -0.39 is 26.0 Å². The molecule has 7 rings (SSSR count). The first-order valence-electron chi connectivity index (χ1n) is 16.1. The minimum Gasteiger partial charge on any atom is -0.303 e. The summed E-state index contributed by atoms with van der Waals surface area (Å²) < 4.78 is 53.8. The molecule has 0 spiro atoms. The lowest BCUT2D eigenvalue weighted by Gasteiger charge is -2.22. The smallest absolute Gasteiger partial charge is 0.303 e. The number of nitrogens with one attached hydrogen (secondary N) is 1. The second kappa shape index (κ2) is 12.7. The molecule has 4 aromatic carbocycles. The molecule has 246 valence electrons. The number of amides is 1. The Balaban J connectivity index is 1.17. The minimum absolute atomic E-state index is 0.232. The molecule has 0 bridgehead atoms. The van der Waals surface area contributed by atoms with Gasteiger partial charge < -0.3 is 4.57 Å². The molecule has 1 aliphatic heterocycles. The summed E-state index contributed by atoms with van der Waals surface area (Å²) >= 11 is 0. The standard InChI is InChI=1S/C37H36N4O5S2/c1-47(43,44)34-21-15-31(16-22-34)35-24-40(32-17-19-33(20-18-32)41-25-37(42)39-48(41,45)46)36(38-35)23-26-7-9-28(10-8-26)30-13-11-29(12-14-30)27-5-3-2-4-6-27/h7-22,24,27H,2-6,23,25H2,1H3,(H,39,42). The largest absolute Gasteiger partial charge is 0.326 e. The maximum atomic E-state index is 12.4. The first-order valence-corrected chi connectivity index (χ1v) is 19.4. The van der Waals surface area contributed by atoms with E-state index in [2.05, 4.69) is 48.5 Å². The highest BCUT2D eigenvalue weighted by Crippen LogP contribution is 2.34. The maximum absolute atomic E-state index is 12.4. The molecule has 2 aliphatic rings. The van der Waals surface area contributed by atoms with Gasteiger partial charge in [0, 0.05) is 30.1 Å². The van der Waals surface area contributed by atoms with Crippen LogP contribution in [0.2, 0.25) is 0 Å². The van der Waals surface area contributed by atoms with Gasteiger partial charge in [0.05, 0.1) is 16.3 Å². The van der Waals surface area contributed by atoms with Gasteiger partial charge in [-0.15, -0.1) is 0 Å². The highest BCUT2D eigenvalue weighted by molar-refractivity contribution is 7.92. The van der Waals surface area contributed by atoms with Gasteiger partial charge in [-0.25, -0.2) is 22.4 Å². The van der Waals surface area contributed by atoms with E-state index in [9.17, 15) is 21.6 Å². The Morgan fingerprint density at radius 3 is 1.94 bits per heavy atom. The Morgan fingerprint density at radius 1 is 0.771 bits per heavy atom. The van der Waals surface area contributed by atoms with Gasteiger partial charge in [0.2, 0.25) is 0 Å². The van der Waals surface area contributed by atoms with Crippen molar-refractivity contribution in [1.82, 2.24) is 14.3 Å². The Bertz CT molecular complexity index is 2170. The number of anilines is 1. The molecule has 9 nitrogen and oxygen atoms in total. The van der Waals surface area contributed by atoms with Crippen LogP contribution in [0.5, 0.6) is 0 Å². The van der Waals surface area contributed by atoms with E-state index in [4.69, 9.17) is 4.98 Å². The highest BCUT2D eigenvalue weighted by Gasteiger charge is 2.34. The molecule has 1 N–H and O–H groups in total. The Kier molecular flexibility index (Phi) is 8.43. The predicted octanol–water partition coefficient (Wildman–Crippen LogP) is 6.43. The fourth-order valence-electron chi connectivity index (χ4n) is 6.62. The molecule has 11 heteroatoms. The lowest BCUT2D eigenvalue weighted by atomic mass is 9.83. The van der Waals surface area contributed by atoms with Gasteiger partial charge in [0.25, 0.3) is 5.91 Å². The van der Waals surface area contributed by atoms with Crippen molar-refractivity contribution in [3.05, 3.63) is 120 Å². The van der Waals surface area contributed by atoms with Crippen LogP contribution >= 0.6 is 0 Å². The molecule has 48 heavy (non-hydrogen) atoms. The normalized spacial score (nSPS) is 16.6. The quantitative estimate of drug-likeness (QED) is 0.202. The van der Waals surface area contributed by atoms with Crippen molar-refractivity contribution in [2.75, 3.05) is 17.1 Å². The van der Waals surface area contributed by atoms with Crippen LogP contribution in [0.25, 0.3) is 28.1 Å². The number of sulfone groups is 1. The summed E-state index contributed by atoms with van der Waals surface area (Å²) in [5, 5.41) is 0. The minimum atomic E-state index is -3.92. The van der Waals surface area contributed by atoms with Crippen molar-refractivity contribution >= 4 is 31.6 Å². The number of hydrogen-bond acceptors (Lipinski definition) is 6. The summed E-state index contributed by atoms with van der Waals surface area (Å²) in [4.78, 5) is 17.0. The first-order chi connectivity index (χ1) is 23.0. The molecule has 1 saturated heterocycles. The Morgan fingerprint density at radius 2 is 1.35 bits per heavy atom. The molecule has 1 amide bonds. The molecular formula is C37H36N4O5S2. The zero-order valence-corrected chi connectivity index (χ0v) is 28.2. The summed E-state index contributed by atoms with van der Waals surface area (Å²) in [6.07, 6.45) is 10.1. The second-order valence-corrected chi connectivity index (χ2v) is 16.2. The first kappa shape index (κ1) is 31.8. The Hall–Kier alpha value is -4.74. The van der Waals surface area contributed by atoms with Gasteiger partial charge in [-0.05, 0) is 77.4 Å². The lowest BCUT2D eigenvalue weighted by molar-refractivity contribution is -0.117. The van der Waals surface area contributed by atoms with Crippen LogP contribution in [0.4, 0.5) is 5.69 Å². The van der Waals surface area contributed by atoms with Gasteiger partial charge >= 0.3 is 10.2 Å². The van der Waals surface area contributed by atoms with E-state index in [1.165, 1.54) is 49.5 Å². The number of benzene rings is 4. The fourth-order valence-corrected chi connectivity index (χ4v) is 8.40. The number of carbonyl (C=O) groups excluding carboxylic acids is 1. The maximum Gasteiger partial charge on any atom is 0.326 e. The third-order valence-electron chi connectivity index (χ3n) is 9.23. The van der Waals surface area contributed by atoms with Crippen LogP contribution in [0.3, 0.4) is 0 Å². The Labute approximate surface area is 281 Å². The molecule has 1 saturated carbocycles. The van der Waals surface area contributed by atoms with Gasteiger partial charge in [-0.1, -0.05) is 79.9 Å². The van der Waals surface area contributed by atoms with Crippen LogP contribution in [0, 0.1) is 0 Å². The molecule has 2 heterocycles. The van der Waals surface area contributed by atoms with Crippen LogP contribution in [0.15, 0.2) is 108 Å². The van der Waals surface area contributed by atoms with E-state index in [1.54, 1.807) is 48.5 Å². The number of imidazole rings is 1. The number of rotatable bonds is 8. The number of nitrogens with zero attached hydrogens (tertiary/aromatic N) is 3. The number of carbonyl (C=O) groups is 1. The molecule has 0 atom stereocenters. The van der Waals surface area contributed by atoms with Crippen molar-refractivity contribution < 1.29 is 21.6 Å². The number of hydrogen-bond donors (Lipinski definition) is 1. The van der Waals surface area contributed by atoms with Crippen molar-refractivity contribution in [2.45, 2.75) is 49.3 Å². The van der Waals surface area contributed by atoms with Crippen LogP contribution < -0.4 is 9.03 Å². The van der Waals surface area contributed by atoms with Gasteiger partial charge in [0.15, 0.2) is 9.84 Å². The van der Waals surface area contributed by atoms with Crippen molar-refractivity contribution in [3.8, 4) is 28.1 Å². The molecule has 5 aromatic rings. The third-order valence-corrected chi connectivity index (χ3v) is 11.8. The molecule has 0 radical (unpaired) electrons. The third kappa shape index (κ3) is 6.65. The predicted molar refractivity (Wildman–Crippen MR) is 187 cm³/mol. The summed E-state index contributed by atoms with van der Waals surface area (Å²) in [6, 6.07) is 31.0. The average Bonchev–Trinajstić information content (AvgIpc) is 3.63. The van der Waals surface area contributed by atoms with E-state index in [-0.39, 0.29) is 11.4 Å². The summed E-state index contributed by atoms with van der Waals surface area (Å²) in [5.74, 6) is 0.845. The SMILES string of the molecule is CS(=O)(=O)c1ccc(-c2cn(-c3ccc(N4CC(=O)NS4(=O)=O)cc3)c(Cc3ccc(-c4ccc(C5CCCCC5)cc4)cc3)n2)cc1. The van der Waals surface area contributed by atoms with E-state index >= 15 is 0 Å². The molecule has 1 aliphatic carbocycles. The van der Waals surface area contributed by atoms with E-state index in [1.807, 2.05) is 15.5 Å². The zero-order chi connectivity index (χ0) is 33.5. The van der Waals surface area contributed by atoms with Gasteiger partial charge in [-0.2, -0.15) is 8.42 Å². The van der Waals surface area contributed by atoms with Crippen molar-refractivity contribution in [1.29, 1.82) is 0 Å². The molecule has 1 aromatic heterocycles. The lowest BCUT2D eigenvalue weighted by Crippen LogP contribution is -2.29. The van der Waals surface area contributed by atoms with E-state index in [0.29, 0.717) is 23.7 Å². The highest BCUT2D eigenvalue weighted by atomic mass is 32.2. The van der Waals surface area contributed by atoms with Crippen LogP contribution in [-0.2, 0) is 31.3 Å². The summed E-state index contributed by atoms with van der Waals surface area (Å²) in [5.41, 5.74) is 7.38. The topological polar surface area (TPSA) is 118 Å². The monoisotopic (exact) mass is 680 g/mol. The summed E-state index contributed by atoms with van der Waals surface area (Å²) in [7, 11) is -7.26. The van der Waals surface area contributed by atoms with Crippen molar-refractivity contribution in [2.24, 2.45) is 0 Å². The van der Waals surface area contributed by atoms with Gasteiger partial charge in [0.1, 0.15) is 12.4 Å². The van der Waals surface area contributed by atoms with Crippen LogP contribution in [-0.4, -0.2) is 45.1 Å². The van der Waals surface area contributed by atoms with Crippen LogP contribution in [0.1, 0.15) is 55.0 Å². The molecule has 0 unspecified atom stereocenters. The van der Waals surface area contributed by atoms with E-state index in [0.717, 1.165) is 32.5 Å². The molecule has 2 fully saturated rings. The zero-order valence-electron chi connectivity index (χ0n) is 26.5. The number of aromatic nitrogens is 2. The fraction of sp³-hybridized carbons (Fsp3) is 0.243. The van der Waals surface area contributed by atoms with Crippen molar-refractivity contribution in [3.63, 3.8) is 0 Å². The molecular weight excluding hydrogens is 645 g/mol. The average molecular weight is 681 g/mol. The second-order valence-electron chi connectivity index (χ2n) is 12.6. The van der Waals surface area contributed by atoms with Gasteiger partial charge in [-0.3, -0.25) is 4.79 Å².